The molecule has 1 rings (SSSR count). The zero-order valence-corrected chi connectivity index (χ0v) is 10.9. The summed E-state index contributed by atoms with van der Waals surface area (Å²) in [5.74, 6) is -0.594. The first-order valence-electron chi connectivity index (χ1n) is 5.76. The van der Waals surface area contributed by atoms with Gasteiger partial charge in [-0.1, -0.05) is 31.0 Å². The molecule has 4 heteroatoms. The summed E-state index contributed by atoms with van der Waals surface area (Å²) < 4.78 is 13.4. The van der Waals surface area contributed by atoms with Crippen molar-refractivity contribution >= 4 is 17.5 Å². The van der Waals surface area contributed by atoms with Crippen LogP contribution in [0.4, 0.5) is 4.39 Å². The molecule has 1 atom stereocenters. The first-order chi connectivity index (χ1) is 8.02. The molecule has 1 aromatic carbocycles. The standard InChI is InChI=1S/C13H17ClFNO/c1-3-4-9(2)16-13(17)7-10-5-6-11(14)8-12(10)15/h5-6,8-9H,3-4,7H2,1-2H3,(H,16,17)/t9-/m1/s1. The minimum absolute atomic E-state index is 0.0526. The van der Waals surface area contributed by atoms with E-state index in [2.05, 4.69) is 12.2 Å². The van der Waals surface area contributed by atoms with Crippen LogP contribution in [0.1, 0.15) is 32.3 Å². The first kappa shape index (κ1) is 14.0. The number of rotatable bonds is 5. The predicted molar refractivity (Wildman–Crippen MR) is 67.6 cm³/mol. The van der Waals surface area contributed by atoms with Gasteiger partial charge in [-0.2, -0.15) is 0 Å². The van der Waals surface area contributed by atoms with Crippen LogP contribution in [-0.4, -0.2) is 11.9 Å². The summed E-state index contributed by atoms with van der Waals surface area (Å²) in [6.07, 6.45) is 1.99. The summed E-state index contributed by atoms with van der Waals surface area (Å²) >= 11 is 5.64. The summed E-state index contributed by atoms with van der Waals surface area (Å²) in [5, 5.41) is 3.17. The molecule has 0 spiro atoms. The van der Waals surface area contributed by atoms with Crippen molar-refractivity contribution in [1.29, 1.82) is 0 Å². The molecular weight excluding hydrogens is 241 g/mol. The Morgan fingerprint density at radius 1 is 1.53 bits per heavy atom. The largest absolute Gasteiger partial charge is 0.353 e. The Kier molecular flexibility index (Phi) is 5.42. The number of carbonyl (C=O) groups excluding carboxylic acids is 1. The van der Waals surface area contributed by atoms with Crippen molar-refractivity contribution in [2.24, 2.45) is 0 Å². The van der Waals surface area contributed by atoms with E-state index in [0.29, 0.717) is 10.6 Å². The van der Waals surface area contributed by atoms with E-state index in [4.69, 9.17) is 11.6 Å². The maximum absolute atomic E-state index is 13.4. The lowest BCUT2D eigenvalue weighted by atomic mass is 10.1. The topological polar surface area (TPSA) is 29.1 Å². The van der Waals surface area contributed by atoms with E-state index in [1.165, 1.54) is 6.07 Å². The zero-order chi connectivity index (χ0) is 12.8. The summed E-state index contributed by atoms with van der Waals surface area (Å²) in [6.45, 7) is 4.00. The van der Waals surface area contributed by atoms with Gasteiger partial charge in [0.2, 0.25) is 5.91 Å². The third-order valence-electron chi connectivity index (χ3n) is 2.50. The van der Waals surface area contributed by atoms with Gasteiger partial charge in [0, 0.05) is 11.1 Å². The molecule has 0 heterocycles. The Morgan fingerprint density at radius 3 is 2.82 bits per heavy atom. The van der Waals surface area contributed by atoms with Crippen molar-refractivity contribution in [3.05, 3.63) is 34.6 Å². The highest BCUT2D eigenvalue weighted by atomic mass is 35.5. The summed E-state index contributed by atoms with van der Waals surface area (Å²) in [5.41, 5.74) is 0.371. The van der Waals surface area contributed by atoms with Crippen LogP contribution in [0.3, 0.4) is 0 Å². The van der Waals surface area contributed by atoms with Crippen LogP contribution in [0.5, 0.6) is 0 Å². The molecule has 0 fully saturated rings. The van der Waals surface area contributed by atoms with Crippen molar-refractivity contribution < 1.29 is 9.18 Å². The van der Waals surface area contributed by atoms with Crippen molar-refractivity contribution in [2.45, 2.75) is 39.2 Å². The molecule has 2 nitrogen and oxygen atoms in total. The predicted octanol–water partition coefficient (Wildman–Crippen LogP) is 3.33. The molecule has 0 aromatic heterocycles. The van der Waals surface area contributed by atoms with Crippen molar-refractivity contribution in [2.75, 3.05) is 0 Å². The number of hydrogen-bond acceptors (Lipinski definition) is 1. The number of hydrogen-bond donors (Lipinski definition) is 1. The monoisotopic (exact) mass is 257 g/mol. The van der Waals surface area contributed by atoms with E-state index in [-0.39, 0.29) is 18.4 Å². The van der Waals surface area contributed by atoms with Crippen LogP contribution in [0.15, 0.2) is 18.2 Å². The van der Waals surface area contributed by atoms with Gasteiger partial charge in [0.15, 0.2) is 0 Å². The van der Waals surface area contributed by atoms with Crippen LogP contribution in [-0.2, 0) is 11.2 Å². The van der Waals surface area contributed by atoms with E-state index in [1.54, 1.807) is 12.1 Å². The van der Waals surface area contributed by atoms with Gasteiger partial charge >= 0.3 is 0 Å². The normalized spacial score (nSPS) is 12.2. The number of amides is 1. The SMILES string of the molecule is CCC[C@@H](C)NC(=O)Cc1ccc(Cl)cc1F. The van der Waals surface area contributed by atoms with Crippen LogP contribution in [0.25, 0.3) is 0 Å². The van der Waals surface area contributed by atoms with Crippen molar-refractivity contribution in [1.82, 2.24) is 5.32 Å². The van der Waals surface area contributed by atoms with E-state index in [1.807, 2.05) is 6.92 Å². The molecule has 0 radical (unpaired) electrons. The Balaban J connectivity index is 2.56. The number of carbonyl (C=O) groups is 1. The van der Waals surface area contributed by atoms with Crippen LogP contribution >= 0.6 is 11.6 Å². The van der Waals surface area contributed by atoms with Gasteiger partial charge in [0.1, 0.15) is 5.82 Å². The highest BCUT2D eigenvalue weighted by Crippen LogP contribution is 2.15. The second kappa shape index (κ2) is 6.60. The quantitative estimate of drug-likeness (QED) is 0.861. The lowest BCUT2D eigenvalue weighted by Crippen LogP contribution is -2.33. The molecule has 94 valence electrons. The minimum atomic E-state index is -0.434. The van der Waals surface area contributed by atoms with Gasteiger partial charge in [-0.25, -0.2) is 4.39 Å². The summed E-state index contributed by atoms with van der Waals surface area (Å²) in [4.78, 5) is 11.6. The van der Waals surface area contributed by atoms with E-state index in [0.717, 1.165) is 12.8 Å². The molecule has 1 aromatic rings. The fraction of sp³-hybridized carbons (Fsp3) is 0.462. The molecule has 0 aliphatic rings. The lowest BCUT2D eigenvalue weighted by molar-refractivity contribution is -0.121. The molecule has 0 saturated heterocycles. The third kappa shape index (κ3) is 4.73. The molecule has 0 aliphatic carbocycles. The maximum Gasteiger partial charge on any atom is 0.224 e. The van der Waals surface area contributed by atoms with Crippen LogP contribution < -0.4 is 5.32 Å². The van der Waals surface area contributed by atoms with E-state index in [9.17, 15) is 9.18 Å². The van der Waals surface area contributed by atoms with Gasteiger partial charge in [-0.15, -0.1) is 0 Å². The highest BCUT2D eigenvalue weighted by Gasteiger charge is 2.10. The number of halogens is 2. The molecule has 1 N–H and O–H groups in total. The fourth-order valence-electron chi connectivity index (χ4n) is 1.67. The van der Waals surface area contributed by atoms with Gasteiger partial charge in [0.25, 0.3) is 0 Å². The molecule has 1 amide bonds. The Bertz CT molecular complexity index is 395. The van der Waals surface area contributed by atoms with Crippen molar-refractivity contribution in [3.63, 3.8) is 0 Å². The van der Waals surface area contributed by atoms with Gasteiger partial charge in [-0.3, -0.25) is 4.79 Å². The molecule has 0 saturated carbocycles. The summed E-state index contributed by atoms with van der Waals surface area (Å²) in [7, 11) is 0. The smallest absolute Gasteiger partial charge is 0.224 e. The fourth-order valence-corrected chi connectivity index (χ4v) is 1.83. The van der Waals surface area contributed by atoms with Gasteiger partial charge in [0.05, 0.1) is 6.42 Å². The van der Waals surface area contributed by atoms with E-state index >= 15 is 0 Å². The van der Waals surface area contributed by atoms with Gasteiger partial charge < -0.3 is 5.32 Å². The molecule has 0 unspecified atom stereocenters. The Labute approximate surface area is 106 Å². The first-order valence-corrected chi connectivity index (χ1v) is 6.14. The third-order valence-corrected chi connectivity index (χ3v) is 2.73. The second-order valence-electron chi connectivity index (χ2n) is 4.17. The molecule has 0 aliphatic heterocycles. The average molecular weight is 258 g/mol. The van der Waals surface area contributed by atoms with Crippen LogP contribution in [0, 0.1) is 5.82 Å². The second-order valence-corrected chi connectivity index (χ2v) is 4.61. The minimum Gasteiger partial charge on any atom is -0.353 e. The molecule has 0 bridgehead atoms. The van der Waals surface area contributed by atoms with Gasteiger partial charge in [-0.05, 0) is 31.0 Å². The average Bonchev–Trinajstić information content (AvgIpc) is 2.22. The highest BCUT2D eigenvalue weighted by molar-refractivity contribution is 6.30. The molecular formula is C13H17ClFNO. The summed E-state index contributed by atoms with van der Waals surface area (Å²) in [6, 6.07) is 4.48. The Morgan fingerprint density at radius 2 is 2.24 bits per heavy atom. The molecule has 17 heavy (non-hydrogen) atoms. The zero-order valence-electron chi connectivity index (χ0n) is 10.1. The van der Waals surface area contributed by atoms with E-state index < -0.39 is 5.82 Å². The number of nitrogens with one attached hydrogen (secondary N) is 1. The van der Waals surface area contributed by atoms with Crippen LogP contribution in [0.2, 0.25) is 5.02 Å². The lowest BCUT2D eigenvalue weighted by Gasteiger charge is -2.12. The Hall–Kier alpha value is -1.09. The maximum atomic E-state index is 13.4. The van der Waals surface area contributed by atoms with Crippen molar-refractivity contribution in [3.8, 4) is 0 Å². The number of benzene rings is 1.